The predicted molar refractivity (Wildman–Crippen MR) is 127 cm³/mol. The number of aliphatic carboxylic acids is 2. The smallest absolute Gasteiger partial charge is 0.321 e. The van der Waals surface area contributed by atoms with Crippen molar-refractivity contribution < 1.29 is 39.6 Å². The van der Waals surface area contributed by atoms with Crippen LogP contribution in [-0.4, -0.2) is 75.4 Å². The zero-order valence-corrected chi connectivity index (χ0v) is 19.2. The second-order valence-corrected chi connectivity index (χ2v) is 8.58. The number of nitrogens with one attached hydrogen (secondary N) is 3. The molecular weight excluding hydrogens is 472 g/mol. The summed E-state index contributed by atoms with van der Waals surface area (Å²) in [4.78, 5) is 47.4. The number of aromatic hydroxyl groups is 2. The number of hydrogen-bond donors (Lipinski definition) is 8. The number of rotatable bonds is 6. The molecule has 1 aliphatic heterocycles. The normalized spacial score (nSPS) is 19.2. The number of benzene rings is 2. The van der Waals surface area contributed by atoms with Gasteiger partial charge in [-0.15, -0.1) is 0 Å². The van der Waals surface area contributed by atoms with E-state index in [1.807, 2.05) is 0 Å². The Bertz CT molecular complexity index is 1170. The molecule has 4 bridgehead atoms. The summed E-state index contributed by atoms with van der Waals surface area (Å²) in [6.07, 6.45) is -0.588. The number of hydrogen-bond acceptors (Lipinski definition) is 8. The highest BCUT2D eigenvalue weighted by Gasteiger charge is 2.24. The average Bonchev–Trinajstić information content (AvgIpc) is 2.81. The molecular formula is C24H28N4O8. The molecule has 0 spiro atoms. The van der Waals surface area contributed by atoms with Crippen LogP contribution in [0.2, 0.25) is 0 Å². The van der Waals surface area contributed by atoms with E-state index in [1.165, 1.54) is 12.1 Å². The largest absolute Gasteiger partial charge is 0.508 e. The van der Waals surface area contributed by atoms with Crippen molar-refractivity contribution in [3.05, 3.63) is 47.5 Å². The molecule has 3 atom stereocenters. The highest BCUT2D eigenvalue weighted by molar-refractivity contribution is 5.87. The molecule has 1 heterocycles. The van der Waals surface area contributed by atoms with Crippen LogP contribution in [0.3, 0.4) is 0 Å². The van der Waals surface area contributed by atoms with Gasteiger partial charge in [0.15, 0.2) is 0 Å². The summed E-state index contributed by atoms with van der Waals surface area (Å²) in [6.45, 7) is -0.547. The van der Waals surface area contributed by atoms with Crippen LogP contribution in [-0.2, 0) is 32.0 Å². The molecule has 0 aliphatic carbocycles. The van der Waals surface area contributed by atoms with Crippen molar-refractivity contribution in [3.8, 4) is 22.6 Å². The standard InChI is InChI=1S/C24H28N4O8/c25-17-8-15-6-13(2-4-20(15)30)12-1-3-19(29)14(5-12)7-16(28-21(31)11-27-23(17)34)10-26-18(24(35)36)9-22(32)33/h1-6,16-18,26,29-30H,7-11,25H2,(H,27,34)(H,28,31)(H,32,33)(H,35,36). The highest BCUT2D eigenvalue weighted by atomic mass is 16.4. The van der Waals surface area contributed by atoms with Crippen LogP contribution < -0.4 is 21.7 Å². The van der Waals surface area contributed by atoms with E-state index in [0.717, 1.165) is 0 Å². The number of phenols is 2. The van der Waals surface area contributed by atoms with Crippen LogP contribution in [0.5, 0.6) is 11.5 Å². The van der Waals surface area contributed by atoms with E-state index in [2.05, 4.69) is 16.0 Å². The molecule has 36 heavy (non-hydrogen) atoms. The molecule has 0 fully saturated rings. The van der Waals surface area contributed by atoms with Crippen molar-refractivity contribution >= 4 is 23.8 Å². The van der Waals surface area contributed by atoms with E-state index in [9.17, 15) is 34.5 Å². The molecule has 0 aromatic heterocycles. The van der Waals surface area contributed by atoms with E-state index in [1.54, 1.807) is 24.3 Å². The third-order valence-electron chi connectivity index (χ3n) is 5.81. The minimum atomic E-state index is -1.40. The summed E-state index contributed by atoms with van der Waals surface area (Å²) in [5.41, 5.74) is 8.22. The van der Waals surface area contributed by atoms with Gasteiger partial charge in [0, 0.05) is 19.0 Å². The van der Waals surface area contributed by atoms with Gasteiger partial charge in [0.2, 0.25) is 11.8 Å². The Morgan fingerprint density at radius 2 is 1.58 bits per heavy atom. The second kappa shape index (κ2) is 11.5. The van der Waals surface area contributed by atoms with E-state index in [-0.39, 0.29) is 30.9 Å². The third-order valence-corrected chi connectivity index (χ3v) is 5.81. The van der Waals surface area contributed by atoms with Crippen LogP contribution >= 0.6 is 0 Å². The van der Waals surface area contributed by atoms with Crippen LogP contribution in [0.25, 0.3) is 11.1 Å². The summed E-state index contributed by atoms with van der Waals surface area (Å²) in [7, 11) is 0. The van der Waals surface area contributed by atoms with Gasteiger partial charge in [-0.1, -0.05) is 12.1 Å². The first-order valence-corrected chi connectivity index (χ1v) is 11.2. The number of phenolic OH excluding ortho intramolecular Hbond substituents is 2. The fraction of sp³-hybridized carbons (Fsp3) is 0.333. The molecule has 192 valence electrons. The first-order chi connectivity index (χ1) is 17.0. The molecule has 9 N–H and O–H groups in total. The van der Waals surface area contributed by atoms with Gasteiger partial charge in [-0.05, 0) is 52.9 Å². The molecule has 0 saturated heterocycles. The molecule has 3 unspecified atom stereocenters. The van der Waals surface area contributed by atoms with Gasteiger partial charge in [0.1, 0.15) is 17.5 Å². The molecule has 0 radical (unpaired) electrons. The number of carboxylic acids is 2. The number of carboxylic acid groups (broad SMARTS) is 2. The lowest BCUT2D eigenvalue weighted by Crippen LogP contribution is -2.51. The maximum atomic E-state index is 12.5. The summed E-state index contributed by atoms with van der Waals surface area (Å²) in [5.74, 6) is -3.97. The van der Waals surface area contributed by atoms with Crippen LogP contribution in [0, 0.1) is 0 Å². The zero-order valence-electron chi connectivity index (χ0n) is 19.2. The van der Waals surface area contributed by atoms with Gasteiger partial charge in [-0.3, -0.25) is 19.2 Å². The Morgan fingerprint density at radius 1 is 1.00 bits per heavy atom. The fourth-order valence-corrected chi connectivity index (χ4v) is 3.91. The summed E-state index contributed by atoms with van der Waals surface area (Å²) < 4.78 is 0. The van der Waals surface area contributed by atoms with Gasteiger partial charge >= 0.3 is 11.9 Å². The van der Waals surface area contributed by atoms with Crippen molar-refractivity contribution in [1.82, 2.24) is 16.0 Å². The van der Waals surface area contributed by atoms with Crippen molar-refractivity contribution in [3.63, 3.8) is 0 Å². The topological polar surface area (TPSA) is 211 Å². The lowest BCUT2D eigenvalue weighted by molar-refractivity contribution is -0.146. The molecule has 3 rings (SSSR count). The Kier molecular flexibility index (Phi) is 8.46. The maximum Gasteiger partial charge on any atom is 0.321 e. The third kappa shape index (κ3) is 6.93. The Labute approximate surface area is 206 Å². The molecule has 2 aromatic carbocycles. The number of carbonyl (C=O) groups excluding carboxylic acids is 2. The number of amides is 2. The molecule has 2 amide bonds. The number of nitrogens with two attached hydrogens (primary N) is 1. The molecule has 12 nitrogen and oxygen atoms in total. The predicted octanol–water partition coefficient (Wildman–Crippen LogP) is -0.691. The Balaban J connectivity index is 1.96. The van der Waals surface area contributed by atoms with Crippen molar-refractivity contribution in [2.24, 2.45) is 5.73 Å². The molecule has 2 aromatic rings. The second-order valence-electron chi connectivity index (χ2n) is 8.58. The lowest BCUT2D eigenvalue weighted by atomic mass is 9.95. The fourth-order valence-electron chi connectivity index (χ4n) is 3.91. The first-order valence-electron chi connectivity index (χ1n) is 11.2. The zero-order chi connectivity index (χ0) is 26.4. The van der Waals surface area contributed by atoms with Gasteiger partial charge in [0.05, 0.1) is 19.0 Å². The van der Waals surface area contributed by atoms with Crippen LogP contribution in [0.1, 0.15) is 17.5 Å². The van der Waals surface area contributed by atoms with Crippen molar-refractivity contribution in [2.45, 2.75) is 37.4 Å². The van der Waals surface area contributed by atoms with Crippen molar-refractivity contribution in [2.75, 3.05) is 13.1 Å². The van der Waals surface area contributed by atoms with E-state index in [4.69, 9.17) is 10.8 Å². The Morgan fingerprint density at radius 3 is 2.14 bits per heavy atom. The maximum absolute atomic E-state index is 12.5. The van der Waals surface area contributed by atoms with E-state index in [0.29, 0.717) is 22.3 Å². The average molecular weight is 501 g/mol. The van der Waals surface area contributed by atoms with E-state index < -0.39 is 54.8 Å². The Hall–Kier alpha value is -4.16. The number of fused-ring (bicyclic) bond motifs is 5. The van der Waals surface area contributed by atoms with Gasteiger partial charge < -0.3 is 42.1 Å². The van der Waals surface area contributed by atoms with E-state index >= 15 is 0 Å². The molecule has 1 aliphatic rings. The minimum Gasteiger partial charge on any atom is -0.508 e. The van der Waals surface area contributed by atoms with Crippen LogP contribution in [0.4, 0.5) is 0 Å². The van der Waals surface area contributed by atoms with Crippen LogP contribution in [0.15, 0.2) is 36.4 Å². The summed E-state index contributed by atoms with van der Waals surface area (Å²) in [5, 5.41) is 46.7. The van der Waals surface area contributed by atoms with Gasteiger partial charge in [0.25, 0.3) is 0 Å². The van der Waals surface area contributed by atoms with Gasteiger partial charge in [-0.2, -0.15) is 0 Å². The summed E-state index contributed by atoms with van der Waals surface area (Å²) in [6, 6.07) is 6.47. The minimum absolute atomic E-state index is 0.0186. The monoisotopic (exact) mass is 500 g/mol. The lowest BCUT2D eigenvalue weighted by Gasteiger charge is -2.22. The molecule has 0 saturated carbocycles. The van der Waals surface area contributed by atoms with Gasteiger partial charge in [-0.25, -0.2) is 0 Å². The number of carbonyl (C=O) groups is 4. The first kappa shape index (κ1) is 26.4. The quantitative estimate of drug-likeness (QED) is 0.250. The SMILES string of the molecule is NC1Cc2cc(ccc2O)-c2ccc(O)c(c2)CC(CNC(CC(=O)O)C(=O)O)NC(=O)CNC1=O. The molecule has 12 heteroatoms. The van der Waals surface area contributed by atoms with Crippen molar-refractivity contribution in [1.29, 1.82) is 0 Å². The highest BCUT2D eigenvalue weighted by Crippen LogP contribution is 2.30. The summed E-state index contributed by atoms with van der Waals surface area (Å²) >= 11 is 0.